The molecule has 114 valence electrons. The van der Waals surface area contributed by atoms with Crippen molar-refractivity contribution in [3.8, 4) is 0 Å². The van der Waals surface area contributed by atoms with Crippen molar-refractivity contribution in [3.63, 3.8) is 0 Å². The lowest BCUT2D eigenvalue weighted by Gasteiger charge is -2.41. The molecular formula is C18H25NO2. The van der Waals surface area contributed by atoms with Crippen LogP contribution in [0.15, 0.2) is 28.7 Å². The van der Waals surface area contributed by atoms with E-state index in [-0.39, 0.29) is 12.1 Å². The van der Waals surface area contributed by atoms with Gasteiger partial charge in [0.25, 0.3) is 0 Å². The van der Waals surface area contributed by atoms with Crippen molar-refractivity contribution in [2.75, 3.05) is 6.61 Å². The quantitative estimate of drug-likeness (QED) is 0.814. The number of para-hydroxylation sites is 1. The highest BCUT2D eigenvalue weighted by atomic mass is 16.3. The van der Waals surface area contributed by atoms with Gasteiger partial charge in [0.05, 0.1) is 6.61 Å². The van der Waals surface area contributed by atoms with E-state index in [1.54, 1.807) is 0 Å². The summed E-state index contributed by atoms with van der Waals surface area (Å²) in [5, 5.41) is 14.4. The van der Waals surface area contributed by atoms with Crippen LogP contribution < -0.4 is 5.32 Å². The maximum absolute atomic E-state index is 9.60. The third-order valence-electron chi connectivity index (χ3n) is 4.79. The number of unbranched alkanes of at least 4 members (excludes halogenated alkanes) is 1. The monoisotopic (exact) mass is 287 g/mol. The van der Waals surface area contributed by atoms with Gasteiger partial charge in [0, 0.05) is 29.5 Å². The number of aliphatic hydroxyl groups excluding tert-OH is 1. The maximum Gasteiger partial charge on any atom is 0.134 e. The van der Waals surface area contributed by atoms with Crippen molar-refractivity contribution in [1.82, 2.24) is 5.32 Å². The average Bonchev–Trinajstić information content (AvgIpc) is 2.82. The highest BCUT2D eigenvalue weighted by Gasteiger charge is 2.36. The summed E-state index contributed by atoms with van der Waals surface area (Å²) in [5.74, 6) is 1.11. The van der Waals surface area contributed by atoms with Crippen molar-refractivity contribution >= 4 is 11.0 Å². The van der Waals surface area contributed by atoms with Crippen LogP contribution in [0.25, 0.3) is 11.0 Å². The Morgan fingerprint density at radius 3 is 2.76 bits per heavy atom. The number of aryl methyl sites for hydroxylation is 1. The summed E-state index contributed by atoms with van der Waals surface area (Å²) in [5.41, 5.74) is 2.20. The second-order valence-electron chi connectivity index (χ2n) is 6.25. The minimum Gasteiger partial charge on any atom is -0.461 e. The fraction of sp³-hybridized carbons (Fsp3) is 0.556. The third-order valence-corrected chi connectivity index (χ3v) is 4.79. The Hall–Kier alpha value is -1.32. The molecule has 3 nitrogen and oxygen atoms in total. The van der Waals surface area contributed by atoms with E-state index >= 15 is 0 Å². The van der Waals surface area contributed by atoms with E-state index in [9.17, 15) is 5.11 Å². The van der Waals surface area contributed by atoms with Gasteiger partial charge in [-0.3, -0.25) is 0 Å². The van der Waals surface area contributed by atoms with Crippen molar-refractivity contribution < 1.29 is 9.52 Å². The van der Waals surface area contributed by atoms with Crippen molar-refractivity contribution in [3.05, 3.63) is 35.6 Å². The van der Waals surface area contributed by atoms with Gasteiger partial charge in [-0.2, -0.15) is 0 Å². The van der Waals surface area contributed by atoms with Crippen LogP contribution in [0.5, 0.6) is 0 Å². The zero-order valence-electron chi connectivity index (χ0n) is 12.8. The third kappa shape index (κ3) is 2.85. The first kappa shape index (κ1) is 14.6. The van der Waals surface area contributed by atoms with E-state index in [0.717, 1.165) is 43.6 Å². The number of hydrogen-bond acceptors (Lipinski definition) is 3. The molecular weight excluding hydrogens is 262 g/mol. The zero-order valence-corrected chi connectivity index (χ0v) is 12.8. The molecule has 1 aromatic carbocycles. The molecule has 1 aliphatic carbocycles. The van der Waals surface area contributed by atoms with Gasteiger partial charge in [0.15, 0.2) is 0 Å². The Balaban J connectivity index is 1.84. The van der Waals surface area contributed by atoms with E-state index in [4.69, 9.17) is 4.42 Å². The van der Waals surface area contributed by atoms with Crippen LogP contribution in [-0.4, -0.2) is 17.3 Å². The summed E-state index contributed by atoms with van der Waals surface area (Å²) in [6, 6.07) is 8.26. The number of hydrogen-bond donors (Lipinski definition) is 2. The van der Waals surface area contributed by atoms with Crippen molar-refractivity contribution in [2.45, 2.75) is 57.5 Å². The highest BCUT2D eigenvalue weighted by molar-refractivity contribution is 5.82. The molecule has 0 unspecified atom stereocenters. The normalized spacial score (nSPS) is 17.0. The Labute approximate surface area is 126 Å². The van der Waals surface area contributed by atoms with Crippen LogP contribution in [-0.2, 0) is 13.0 Å². The fourth-order valence-corrected chi connectivity index (χ4v) is 3.15. The predicted molar refractivity (Wildman–Crippen MR) is 85.3 cm³/mol. The number of rotatable bonds is 7. The minimum absolute atomic E-state index is 0.0552. The molecule has 0 atom stereocenters. The average molecular weight is 287 g/mol. The summed E-state index contributed by atoms with van der Waals surface area (Å²) in [6.07, 6.45) is 6.67. The number of aliphatic hydroxyl groups is 1. The predicted octanol–water partition coefficient (Wildman–Crippen LogP) is 3.78. The molecule has 0 saturated heterocycles. The Kier molecular flexibility index (Phi) is 4.32. The van der Waals surface area contributed by atoms with Crippen LogP contribution >= 0.6 is 0 Å². The highest BCUT2D eigenvalue weighted by Crippen LogP contribution is 2.33. The lowest BCUT2D eigenvalue weighted by atomic mass is 9.77. The SMILES string of the molecule is CCCCc1oc2ccccc2c1CNC1(CO)CCC1. The number of fused-ring (bicyclic) bond motifs is 1. The Morgan fingerprint density at radius 2 is 2.10 bits per heavy atom. The first-order valence-corrected chi connectivity index (χ1v) is 8.13. The van der Waals surface area contributed by atoms with Crippen LogP contribution in [0.3, 0.4) is 0 Å². The van der Waals surface area contributed by atoms with Crippen LogP contribution in [0.2, 0.25) is 0 Å². The van der Waals surface area contributed by atoms with E-state index < -0.39 is 0 Å². The molecule has 1 aromatic heterocycles. The summed E-state index contributed by atoms with van der Waals surface area (Å²) >= 11 is 0. The second kappa shape index (κ2) is 6.20. The molecule has 21 heavy (non-hydrogen) atoms. The lowest BCUT2D eigenvalue weighted by molar-refractivity contribution is 0.0871. The van der Waals surface area contributed by atoms with E-state index in [0.29, 0.717) is 0 Å². The molecule has 1 fully saturated rings. The van der Waals surface area contributed by atoms with Gasteiger partial charge in [-0.1, -0.05) is 31.5 Å². The standard InChI is InChI=1S/C18H25NO2/c1-2-3-8-17-15(12-19-18(13-20)10-6-11-18)14-7-4-5-9-16(14)21-17/h4-5,7,9,19-20H,2-3,6,8,10-13H2,1H3. The van der Waals surface area contributed by atoms with Gasteiger partial charge in [0.1, 0.15) is 11.3 Å². The number of furan rings is 1. The van der Waals surface area contributed by atoms with Gasteiger partial charge in [-0.25, -0.2) is 0 Å². The lowest BCUT2D eigenvalue weighted by Crippen LogP contribution is -2.53. The largest absolute Gasteiger partial charge is 0.461 e. The molecule has 3 rings (SSSR count). The summed E-state index contributed by atoms with van der Waals surface area (Å²) in [4.78, 5) is 0. The smallest absolute Gasteiger partial charge is 0.134 e. The molecule has 1 aliphatic rings. The van der Waals surface area contributed by atoms with Gasteiger partial charge >= 0.3 is 0 Å². The topological polar surface area (TPSA) is 45.4 Å². The molecule has 0 radical (unpaired) electrons. The van der Waals surface area contributed by atoms with Crippen LogP contribution in [0.4, 0.5) is 0 Å². The number of nitrogens with one attached hydrogen (secondary N) is 1. The maximum atomic E-state index is 9.60. The van der Waals surface area contributed by atoms with Crippen molar-refractivity contribution in [2.24, 2.45) is 0 Å². The van der Waals surface area contributed by atoms with Gasteiger partial charge in [0.2, 0.25) is 0 Å². The Bertz CT molecular complexity index is 593. The molecule has 2 N–H and O–H groups in total. The molecule has 2 aromatic rings. The molecule has 0 bridgehead atoms. The molecule has 0 spiro atoms. The minimum atomic E-state index is -0.0552. The first-order chi connectivity index (χ1) is 10.3. The van der Waals surface area contributed by atoms with E-state index in [1.165, 1.54) is 23.8 Å². The van der Waals surface area contributed by atoms with Gasteiger partial charge in [-0.05, 0) is 31.7 Å². The molecule has 3 heteroatoms. The second-order valence-corrected chi connectivity index (χ2v) is 6.25. The summed E-state index contributed by atoms with van der Waals surface area (Å²) in [6.45, 7) is 3.22. The van der Waals surface area contributed by atoms with Gasteiger partial charge in [-0.15, -0.1) is 0 Å². The van der Waals surface area contributed by atoms with Gasteiger partial charge < -0.3 is 14.8 Å². The summed E-state index contributed by atoms with van der Waals surface area (Å²) in [7, 11) is 0. The molecule has 1 saturated carbocycles. The number of benzene rings is 1. The zero-order chi connectivity index (χ0) is 14.7. The van der Waals surface area contributed by atoms with Crippen LogP contribution in [0.1, 0.15) is 50.4 Å². The molecule has 1 heterocycles. The Morgan fingerprint density at radius 1 is 1.29 bits per heavy atom. The van der Waals surface area contributed by atoms with E-state index in [2.05, 4.69) is 24.4 Å². The van der Waals surface area contributed by atoms with E-state index in [1.807, 2.05) is 12.1 Å². The van der Waals surface area contributed by atoms with Crippen LogP contribution in [0, 0.1) is 0 Å². The first-order valence-electron chi connectivity index (χ1n) is 8.13. The fourth-order valence-electron chi connectivity index (χ4n) is 3.15. The molecule has 0 aliphatic heterocycles. The summed E-state index contributed by atoms with van der Waals surface area (Å²) < 4.78 is 6.05. The molecule has 0 amide bonds. The van der Waals surface area contributed by atoms with Crippen molar-refractivity contribution in [1.29, 1.82) is 0 Å².